The lowest BCUT2D eigenvalue weighted by Gasteiger charge is -2.06. The minimum absolute atomic E-state index is 0.106. The van der Waals surface area contributed by atoms with E-state index < -0.39 is 27.7 Å². The second-order valence-electron chi connectivity index (χ2n) is 7.92. The number of hydrogen-bond donors (Lipinski definition) is 0. The normalized spacial score (nSPS) is 12.1. The summed E-state index contributed by atoms with van der Waals surface area (Å²) in [6.07, 6.45) is -0.576. The zero-order valence-corrected chi connectivity index (χ0v) is 21.0. The van der Waals surface area contributed by atoms with Crippen molar-refractivity contribution < 1.29 is 31.9 Å². The summed E-state index contributed by atoms with van der Waals surface area (Å²) in [4.78, 5) is 42.5. The Balaban J connectivity index is 1.67. The first-order chi connectivity index (χ1) is 17.7. The van der Waals surface area contributed by atoms with Crippen molar-refractivity contribution in [2.45, 2.75) is 31.6 Å². The number of ketones is 2. The second kappa shape index (κ2) is 12.5. The fourth-order valence-corrected chi connectivity index (χ4v) is 3.77. The predicted octanol–water partition coefficient (Wildman–Crippen LogP) is 4.26. The van der Waals surface area contributed by atoms with Crippen molar-refractivity contribution in [3.8, 4) is 0 Å². The van der Waals surface area contributed by atoms with Gasteiger partial charge in [0.15, 0.2) is 17.3 Å². The zero-order chi connectivity index (χ0) is 26.8. The summed E-state index contributed by atoms with van der Waals surface area (Å²) in [7, 11) is -4.20. The molecular weight excluding hydrogens is 496 g/mol. The van der Waals surface area contributed by atoms with Crippen molar-refractivity contribution in [3.63, 3.8) is 0 Å². The van der Waals surface area contributed by atoms with Crippen LogP contribution in [0.1, 0.15) is 41.3 Å². The van der Waals surface area contributed by atoms with Gasteiger partial charge in [-0.15, -0.1) is 0 Å². The fourth-order valence-electron chi connectivity index (χ4n) is 3.00. The van der Waals surface area contributed by atoms with E-state index in [0.29, 0.717) is 5.56 Å². The summed E-state index contributed by atoms with van der Waals surface area (Å²) >= 11 is 0. The van der Waals surface area contributed by atoms with Gasteiger partial charge in [-0.2, -0.15) is 8.42 Å². The largest absolute Gasteiger partial charge is 0.365 e. The van der Waals surface area contributed by atoms with Crippen LogP contribution in [-0.2, 0) is 28.8 Å². The molecule has 3 aromatic rings. The van der Waals surface area contributed by atoms with Gasteiger partial charge >= 0.3 is 16.1 Å². The lowest BCUT2D eigenvalue weighted by molar-refractivity contribution is -0.117. The molecule has 3 rings (SSSR count). The number of Topliss-reactive ketones (excluding diaryl/α,β-unsaturated/α-hetero) is 2. The maximum atomic E-state index is 12.9. The van der Waals surface area contributed by atoms with E-state index >= 15 is 0 Å². The molecule has 0 aromatic heterocycles. The number of benzene rings is 3. The van der Waals surface area contributed by atoms with Gasteiger partial charge in [0, 0.05) is 18.4 Å². The number of carbonyl (C=O) groups excluding carboxylic acids is 3. The van der Waals surface area contributed by atoms with E-state index in [0.717, 1.165) is 5.56 Å². The molecule has 0 saturated heterocycles. The number of hydrogen-bond acceptors (Lipinski definition) is 9. The van der Waals surface area contributed by atoms with E-state index in [9.17, 15) is 22.8 Å². The number of carbonyl (C=O) groups is 3. The Morgan fingerprint density at radius 2 is 1.27 bits per heavy atom. The summed E-state index contributed by atoms with van der Waals surface area (Å²) in [5.41, 5.74) is 1.17. The summed E-state index contributed by atoms with van der Waals surface area (Å²) in [5.74, 6) is -1.89. The Kier molecular flexibility index (Phi) is 9.17. The van der Waals surface area contributed by atoms with Crippen LogP contribution in [0, 0.1) is 6.92 Å². The number of oxime groups is 2. The summed E-state index contributed by atoms with van der Waals surface area (Å²) in [6, 6.07) is 22.4. The molecule has 0 saturated carbocycles. The fraction of sp³-hybridized carbons (Fsp3) is 0.148. The molecular formula is C27H24N2O7S. The molecule has 0 atom stereocenters. The smallest absolute Gasteiger partial charge is 0.312 e. The average molecular weight is 521 g/mol. The van der Waals surface area contributed by atoms with Crippen molar-refractivity contribution in [2.75, 3.05) is 0 Å². The molecule has 10 heteroatoms. The van der Waals surface area contributed by atoms with Gasteiger partial charge in [0.1, 0.15) is 10.6 Å². The van der Waals surface area contributed by atoms with E-state index in [1.54, 1.807) is 79.7 Å². The molecule has 0 aliphatic carbocycles. The zero-order valence-electron chi connectivity index (χ0n) is 20.2. The molecule has 0 aliphatic heterocycles. The summed E-state index contributed by atoms with van der Waals surface area (Å²) < 4.78 is 29.2. The van der Waals surface area contributed by atoms with Crippen LogP contribution in [0.4, 0.5) is 0 Å². The first-order valence-electron chi connectivity index (χ1n) is 11.2. The SMILES string of the molecule is CC(=NOS(=O)(=O)c1ccc(C)cc1)C(=O)CCC(=O)C(=NOC(=O)c1ccccc1)c1ccccc1. The highest BCUT2D eigenvalue weighted by Gasteiger charge is 2.20. The number of nitrogens with zero attached hydrogens (tertiary/aromatic N) is 2. The van der Waals surface area contributed by atoms with Gasteiger partial charge in [-0.25, -0.2) is 4.79 Å². The molecule has 0 amide bonds. The van der Waals surface area contributed by atoms with Gasteiger partial charge in [0.05, 0.1) is 5.56 Å². The van der Waals surface area contributed by atoms with Gasteiger partial charge in [-0.05, 0) is 38.1 Å². The van der Waals surface area contributed by atoms with Gasteiger partial charge in [-0.3, -0.25) is 13.9 Å². The van der Waals surface area contributed by atoms with Crippen molar-refractivity contribution in [2.24, 2.45) is 10.3 Å². The number of aryl methyl sites for hydroxylation is 1. The molecule has 0 N–H and O–H groups in total. The van der Waals surface area contributed by atoms with Crippen LogP contribution < -0.4 is 0 Å². The Morgan fingerprint density at radius 3 is 1.86 bits per heavy atom. The van der Waals surface area contributed by atoms with E-state index in [-0.39, 0.29) is 34.7 Å². The van der Waals surface area contributed by atoms with Crippen LogP contribution in [0.2, 0.25) is 0 Å². The third kappa shape index (κ3) is 7.77. The summed E-state index contributed by atoms with van der Waals surface area (Å²) in [6.45, 7) is 3.09. The van der Waals surface area contributed by atoms with Crippen molar-refractivity contribution in [1.29, 1.82) is 0 Å². The Labute approximate surface area is 214 Å². The molecule has 0 aliphatic rings. The molecule has 190 valence electrons. The quantitative estimate of drug-likeness (QED) is 0.210. The van der Waals surface area contributed by atoms with Crippen LogP contribution in [0.3, 0.4) is 0 Å². The lowest BCUT2D eigenvalue weighted by atomic mass is 10.0. The minimum atomic E-state index is -4.20. The van der Waals surface area contributed by atoms with Crippen LogP contribution in [0.25, 0.3) is 0 Å². The average Bonchev–Trinajstić information content (AvgIpc) is 2.91. The Bertz CT molecular complexity index is 1430. The van der Waals surface area contributed by atoms with E-state index in [2.05, 4.69) is 14.6 Å². The third-order valence-electron chi connectivity index (χ3n) is 5.11. The monoisotopic (exact) mass is 520 g/mol. The lowest BCUT2D eigenvalue weighted by Crippen LogP contribution is -2.20. The van der Waals surface area contributed by atoms with E-state index in [1.165, 1.54) is 19.1 Å². The highest BCUT2D eigenvalue weighted by atomic mass is 32.2. The Morgan fingerprint density at radius 1 is 0.730 bits per heavy atom. The topological polar surface area (TPSA) is 129 Å². The molecule has 0 bridgehead atoms. The van der Waals surface area contributed by atoms with Gasteiger partial charge in [0.2, 0.25) is 0 Å². The van der Waals surface area contributed by atoms with Crippen LogP contribution in [0.15, 0.2) is 100 Å². The van der Waals surface area contributed by atoms with E-state index in [1.807, 2.05) is 0 Å². The second-order valence-corrected chi connectivity index (χ2v) is 9.44. The number of rotatable bonds is 11. The maximum absolute atomic E-state index is 12.9. The minimum Gasteiger partial charge on any atom is -0.312 e. The molecule has 9 nitrogen and oxygen atoms in total. The maximum Gasteiger partial charge on any atom is 0.365 e. The molecule has 0 heterocycles. The van der Waals surface area contributed by atoms with Crippen molar-refractivity contribution in [3.05, 3.63) is 102 Å². The molecule has 0 spiro atoms. The van der Waals surface area contributed by atoms with Crippen LogP contribution >= 0.6 is 0 Å². The molecule has 0 fully saturated rings. The van der Waals surface area contributed by atoms with Crippen LogP contribution in [0.5, 0.6) is 0 Å². The first kappa shape index (κ1) is 27.2. The summed E-state index contributed by atoms with van der Waals surface area (Å²) in [5, 5.41) is 7.21. The van der Waals surface area contributed by atoms with E-state index in [4.69, 9.17) is 4.84 Å². The van der Waals surface area contributed by atoms with Crippen molar-refractivity contribution >= 4 is 39.1 Å². The highest BCUT2D eigenvalue weighted by Crippen LogP contribution is 2.14. The van der Waals surface area contributed by atoms with Crippen LogP contribution in [-0.4, -0.2) is 37.4 Å². The standard InChI is InChI=1S/C27H24N2O7S/c1-19-13-15-23(16-14-19)37(33,34)36-28-20(2)24(30)17-18-25(31)26(21-9-5-3-6-10-21)29-35-27(32)22-11-7-4-8-12-22/h3-16H,17-18H2,1-2H3. The molecule has 3 aromatic carbocycles. The molecule has 0 radical (unpaired) electrons. The Hall–Kier alpha value is -4.44. The van der Waals surface area contributed by atoms with Gasteiger partial charge < -0.3 is 4.84 Å². The highest BCUT2D eigenvalue weighted by molar-refractivity contribution is 7.86. The van der Waals surface area contributed by atoms with Crippen molar-refractivity contribution in [1.82, 2.24) is 0 Å². The van der Waals surface area contributed by atoms with Gasteiger partial charge in [0.25, 0.3) is 0 Å². The molecule has 37 heavy (non-hydrogen) atoms. The van der Waals surface area contributed by atoms with Gasteiger partial charge in [-0.1, -0.05) is 76.5 Å². The first-order valence-corrected chi connectivity index (χ1v) is 12.6. The predicted molar refractivity (Wildman–Crippen MR) is 137 cm³/mol. The third-order valence-corrected chi connectivity index (χ3v) is 6.23. The molecule has 0 unspecified atom stereocenters.